The van der Waals surface area contributed by atoms with E-state index in [1.807, 2.05) is 0 Å². The second kappa shape index (κ2) is 9.40. The van der Waals surface area contributed by atoms with Crippen LogP contribution >= 0.6 is 0 Å². The van der Waals surface area contributed by atoms with Gasteiger partial charge in [0, 0.05) is 31.5 Å². The monoisotopic (exact) mass is 477 g/mol. The summed E-state index contributed by atoms with van der Waals surface area (Å²) < 4.78 is 34.1. The number of benzene rings is 2. The maximum absolute atomic E-state index is 15.0. The summed E-state index contributed by atoms with van der Waals surface area (Å²) in [6, 6.07) is 8.83. The Hall–Kier alpha value is -3.88. The van der Waals surface area contributed by atoms with E-state index in [1.165, 1.54) is 30.6 Å². The van der Waals surface area contributed by atoms with Gasteiger partial charge in [-0.2, -0.15) is 4.98 Å². The normalized spacial score (nSPS) is 18.1. The van der Waals surface area contributed by atoms with Crippen molar-refractivity contribution in [2.75, 3.05) is 18.4 Å². The van der Waals surface area contributed by atoms with E-state index in [9.17, 15) is 9.18 Å². The number of aromatic nitrogens is 3. The molecule has 2 atom stereocenters. The van der Waals surface area contributed by atoms with Gasteiger partial charge in [0.05, 0.1) is 17.2 Å². The molecule has 4 aromatic rings. The van der Waals surface area contributed by atoms with Crippen LogP contribution in [0.25, 0.3) is 22.5 Å². The summed E-state index contributed by atoms with van der Waals surface area (Å²) in [6.07, 6.45) is 4.85. The molecule has 35 heavy (non-hydrogen) atoms. The number of anilines is 1. The second-order valence-electron chi connectivity index (χ2n) is 8.88. The Bertz CT molecular complexity index is 1380. The number of carbonyl (C=O) groups is 1. The average Bonchev–Trinajstić information content (AvgIpc) is 3.26. The molecule has 1 fully saturated rings. The SMILES string of the molecule is Cc1ccc(F)c(-c2ncccn2)c1C(=O)N1CCCC(C)C1CNc1nc2ccc(F)cc2o1. The molecule has 2 aromatic carbocycles. The highest BCUT2D eigenvalue weighted by Crippen LogP contribution is 2.32. The zero-order valence-corrected chi connectivity index (χ0v) is 19.5. The fourth-order valence-corrected chi connectivity index (χ4v) is 4.73. The minimum atomic E-state index is -0.538. The molecule has 1 aliphatic heterocycles. The van der Waals surface area contributed by atoms with Gasteiger partial charge in [-0.05, 0) is 55.5 Å². The Morgan fingerprint density at radius 3 is 2.80 bits per heavy atom. The quantitative estimate of drug-likeness (QED) is 0.424. The molecule has 2 aromatic heterocycles. The zero-order chi connectivity index (χ0) is 24.5. The Kier molecular flexibility index (Phi) is 6.15. The van der Waals surface area contributed by atoms with Gasteiger partial charge in [0.15, 0.2) is 11.4 Å². The first-order chi connectivity index (χ1) is 16.9. The van der Waals surface area contributed by atoms with Gasteiger partial charge in [-0.1, -0.05) is 13.0 Å². The van der Waals surface area contributed by atoms with Crippen molar-refractivity contribution in [3.63, 3.8) is 0 Å². The third-order valence-electron chi connectivity index (χ3n) is 6.56. The van der Waals surface area contributed by atoms with E-state index in [4.69, 9.17) is 4.42 Å². The molecule has 180 valence electrons. The number of amides is 1. The van der Waals surface area contributed by atoms with Crippen LogP contribution in [0, 0.1) is 24.5 Å². The predicted octanol–water partition coefficient (Wildman–Crippen LogP) is 5.22. The molecule has 7 nitrogen and oxygen atoms in total. The van der Waals surface area contributed by atoms with E-state index in [0.29, 0.717) is 29.8 Å². The van der Waals surface area contributed by atoms with Crippen LogP contribution in [0.15, 0.2) is 53.2 Å². The minimum Gasteiger partial charge on any atom is -0.423 e. The summed E-state index contributed by atoms with van der Waals surface area (Å²) in [6.45, 7) is 4.80. The highest BCUT2D eigenvalue weighted by atomic mass is 19.1. The number of aryl methyl sites for hydroxylation is 1. The minimum absolute atomic E-state index is 0.113. The first kappa shape index (κ1) is 22.9. The van der Waals surface area contributed by atoms with Crippen molar-refractivity contribution in [3.8, 4) is 11.4 Å². The van der Waals surface area contributed by atoms with Crippen molar-refractivity contribution < 1.29 is 18.0 Å². The average molecular weight is 478 g/mol. The van der Waals surface area contributed by atoms with Crippen molar-refractivity contribution in [2.45, 2.75) is 32.7 Å². The van der Waals surface area contributed by atoms with Crippen LogP contribution in [-0.2, 0) is 0 Å². The second-order valence-corrected chi connectivity index (χ2v) is 8.88. The van der Waals surface area contributed by atoms with Gasteiger partial charge >= 0.3 is 0 Å². The van der Waals surface area contributed by atoms with E-state index in [-0.39, 0.29) is 40.8 Å². The van der Waals surface area contributed by atoms with Gasteiger partial charge in [0.1, 0.15) is 17.2 Å². The molecule has 0 aliphatic carbocycles. The van der Waals surface area contributed by atoms with Gasteiger partial charge in [-0.25, -0.2) is 18.7 Å². The molecule has 1 N–H and O–H groups in total. The maximum atomic E-state index is 15.0. The summed E-state index contributed by atoms with van der Waals surface area (Å²) in [5.74, 6) is -0.838. The lowest BCUT2D eigenvalue weighted by Gasteiger charge is -2.40. The number of nitrogens with one attached hydrogen (secondary N) is 1. The Morgan fingerprint density at radius 2 is 2.00 bits per heavy atom. The molecule has 1 saturated heterocycles. The van der Waals surface area contributed by atoms with Gasteiger partial charge in [0.2, 0.25) is 0 Å². The number of hydrogen-bond acceptors (Lipinski definition) is 6. The molecule has 0 radical (unpaired) electrons. The van der Waals surface area contributed by atoms with Crippen molar-refractivity contribution in [2.24, 2.45) is 5.92 Å². The van der Waals surface area contributed by atoms with E-state index in [0.717, 1.165) is 12.8 Å². The van der Waals surface area contributed by atoms with Crippen LogP contribution in [0.3, 0.4) is 0 Å². The summed E-state index contributed by atoms with van der Waals surface area (Å²) in [4.78, 5) is 28.4. The number of rotatable bonds is 5. The highest BCUT2D eigenvalue weighted by molar-refractivity contribution is 6.02. The lowest BCUT2D eigenvalue weighted by molar-refractivity contribution is 0.0539. The van der Waals surface area contributed by atoms with E-state index < -0.39 is 11.6 Å². The Morgan fingerprint density at radius 1 is 1.20 bits per heavy atom. The number of hydrogen-bond donors (Lipinski definition) is 1. The van der Waals surface area contributed by atoms with Crippen molar-refractivity contribution >= 4 is 23.0 Å². The summed E-state index contributed by atoms with van der Waals surface area (Å²) in [5, 5.41) is 3.17. The molecule has 5 rings (SSSR count). The fraction of sp³-hybridized carbons (Fsp3) is 0.308. The van der Waals surface area contributed by atoms with Gasteiger partial charge in [-0.15, -0.1) is 0 Å². The molecular formula is C26H25F2N5O2. The van der Waals surface area contributed by atoms with Gasteiger partial charge < -0.3 is 14.6 Å². The predicted molar refractivity (Wildman–Crippen MR) is 128 cm³/mol. The molecule has 0 saturated carbocycles. The summed E-state index contributed by atoms with van der Waals surface area (Å²) in [5.41, 5.74) is 1.93. The lowest BCUT2D eigenvalue weighted by Crippen LogP contribution is -2.51. The van der Waals surface area contributed by atoms with Crippen LogP contribution in [0.1, 0.15) is 35.7 Å². The largest absolute Gasteiger partial charge is 0.423 e. The topological polar surface area (TPSA) is 84.2 Å². The molecule has 2 unspecified atom stereocenters. The zero-order valence-electron chi connectivity index (χ0n) is 19.5. The third kappa shape index (κ3) is 4.45. The third-order valence-corrected chi connectivity index (χ3v) is 6.56. The van der Waals surface area contributed by atoms with Crippen molar-refractivity contribution in [1.82, 2.24) is 19.9 Å². The Balaban J connectivity index is 1.45. The summed E-state index contributed by atoms with van der Waals surface area (Å²) >= 11 is 0. The number of likely N-dealkylation sites (tertiary alicyclic amines) is 1. The lowest BCUT2D eigenvalue weighted by atomic mass is 9.89. The number of fused-ring (bicyclic) bond motifs is 1. The van der Waals surface area contributed by atoms with Crippen LogP contribution < -0.4 is 5.32 Å². The van der Waals surface area contributed by atoms with E-state index in [1.54, 1.807) is 30.0 Å². The molecule has 0 spiro atoms. The van der Waals surface area contributed by atoms with Crippen molar-refractivity contribution in [3.05, 3.63) is 71.6 Å². The number of carbonyl (C=O) groups excluding carboxylic acids is 1. The van der Waals surface area contributed by atoms with Crippen LogP contribution in [0.2, 0.25) is 0 Å². The highest BCUT2D eigenvalue weighted by Gasteiger charge is 2.35. The number of halogens is 2. The number of piperidine rings is 1. The number of nitrogens with zero attached hydrogens (tertiary/aromatic N) is 4. The molecule has 1 aliphatic rings. The molecule has 3 heterocycles. The fourth-order valence-electron chi connectivity index (χ4n) is 4.73. The smallest absolute Gasteiger partial charge is 0.295 e. The van der Waals surface area contributed by atoms with E-state index in [2.05, 4.69) is 27.2 Å². The molecule has 9 heteroatoms. The first-order valence-electron chi connectivity index (χ1n) is 11.6. The van der Waals surface area contributed by atoms with E-state index >= 15 is 4.39 Å². The van der Waals surface area contributed by atoms with Crippen LogP contribution in [0.4, 0.5) is 14.8 Å². The van der Waals surface area contributed by atoms with Crippen molar-refractivity contribution in [1.29, 1.82) is 0 Å². The van der Waals surface area contributed by atoms with Gasteiger partial charge in [0.25, 0.3) is 11.9 Å². The van der Waals surface area contributed by atoms with Crippen LogP contribution in [0.5, 0.6) is 0 Å². The van der Waals surface area contributed by atoms with Gasteiger partial charge in [-0.3, -0.25) is 4.79 Å². The number of oxazole rings is 1. The first-order valence-corrected chi connectivity index (χ1v) is 11.6. The standard InChI is InChI=1S/C26H25F2N5O2/c1-15-5-3-12-33(20(15)14-31-26-32-19-9-7-17(27)13-21(19)35-26)25(34)22-16(2)6-8-18(28)23(22)24-29-10-4-11-30-24/h4,6-11,13,15,20H,3,5,12,14H2,1-2H3,(H,31,32). The summed E-state index contributed by atoms with van der Waals surface area (Å²) in [7, 11) is 0. The van der Waals surface area contributed by atoms with Crippen LogP contribution in [-0.4, -0.2) is 44.9 Å². The maximum Gasteiger partial charge on any atom is 0.295 e. The molecule has 1 amide bonds. The Labute approximate surface area is 201 Å². The molecule has 0 bridgehead atoms. The molecular weight excluding hydrogens is 452 g/mol.